The van der Waals surface area contributed by atoms with Gasteiger partial charge in [-0.3, -0.25) is 9.59 Å². The van der Waals surface area contributed by atoms with Gasteiger partial charge in [0.1, 0.15) is 11.9 Å². The summed E-state index contributed by atoms with van der Waals surface area (Å²) < 4.78 is 14.1. The highest BCUT2D eigenvalue weighted by molar-refractivity contribution is 7.99. The molecule has 1 N–H and O–H groups in total. The zero-order valence-electron chi connectivity index (χ0n) is 19.1. The summed E-state index contributed by atoms with van der Waals surface area (Å²) >= 11 is 7.44. The van der Waals surface area contributed by atoms with Gasteiger partial charge in [-0.15, -0.1) is 11.8 Å². The molecule has 33 heavy (non-hydrogen) atoms. The van der Waals surface area contributed by atoms with Crippen molar-refractivity contribution in [3.8, 4) is 0 Å². The molecule has 0 heterocycles. The standard InChI is InChI=1S/C26H32ClFN2O2S/c1-2-24(26(32)29-20-11-6-7-12-20)30(16-15-19-9-4-3-5-10-19)25(31)18-33-17-21-22(27)13-8-14-23(21)28/h3-5,8-10,13-14,20,24H,2,6-7,11-12,15-18H2,1H3,(H,29,32)/t24-/m1/s1. The topological polar surface area (TPSA) is 49.4 Å². The fourth-order valence-corrected chi connectivity index (χ4v) is 5.51. The van der Waals surface area contributed by atoms with Crippen LogP contribution in [0.4, 0.5) is 4.39 Å². The molecule has 1 aliphatic carbocycles. The van der Waals surface area contributed by atoms with E-state index in [2.05, 4.69) is 5.32 Å². The molecule has 0 aliphatic heterocycles. The summed E-state index contributed by atoms with van der Waals surface area (Å²) in [6.07, 6.45) is 5.48. The van der Waals surface area contributed by atoms with Crippen LogP contribution >= 0.6 is 23.4 Å². The molecule has 0 aromatic heterocycles. The molecule has 0 bridgehead atoms. The van der Waals surface area contributed by atoms with Gasteiger partial charge in [0, 0.05) is 28.9 Å². The molecular weight excluding hydrogens is 459 g/mol. The Morgan fingerprint density at radius 1 is 1.15 bits per heavy atom. The van der Waals surface area contributed by atoms with Gasteiger partial charge < -0.3 is 10.2 Å². The minimum Gasteiger partial charge on any atom is -0.352 e. The molecule has 3 rings (SSSR count). The molecule has 2 aromatic rings. The summed E-state index contributed by atoms with van der Waals surface area (Å²) in [5, 5.41) is 3.51. The van der Waals surface area contributed by atoms with Crippen molar-refractivity contribution in [1.82, 2.24) is 10.2 Å². The first-order valence-corrected chi connectivity index (χ1v) is 13.2. The number of carbonyl (C=O) groups excluding carboxylic acids is 2. The summed E-state index contributed by atoms with van der Waals surface area (Å²) in [6.45, 7) is 2.40. The molecule has 0 radical (unpaired) electrons. The van der Waals surface area contributed by atoms with E-state index in [4.69, 9.17) is 11.6 Å². The predicted octanol–water partition coefficient (Wildman–Crippen LogP) is 5.62. The summed E-state index contributed by atoms with van der Waals surface area (Å²) in [6, 6.07) is 14.2. The van der Waals surface area contributed by atoms with E-state index in [9.17, 15) is 14.0 Å². The molecular formula is C26H32ClFN2O2S. The van der Waals surface area contributed by atoms with Crippen molar-refractivity contribution in [2.45, 2.75) is 63.3 Å². The second-order valence-corrected chi connectivity index (χ2v) is 9.82. The molecule has 0 saturated heterocycles. The Kier molecular flexibility index (Phi) is 10.1. The third-order valence-electron chi connectivity index (χ3n) is 6.11. The first-order chi connectivity index (χ1) is 16.0. The van der Waals surface area contributed by atoms with Crippen LogP contribution in [-0.4, -0.2) is 41.1 Å². The zero-order chi connectivity index (χ0) is 23.6. The number of nitrogens with one attached hydrogen (secondary N) is 1. The molecule has 1 aliphatic rings. The van der Waals surface area contributed by atoms with Crippen LogP contribution in [0.3, 0.4) is 0 Å². The molecule has 178 valence electrons. The average Bonchev–Trinajstić information content (AvgIpc) is 3.32. The SMILES string of the molecule is CC[C@H](C(=O)NC1CCCC1)N(CCc1ccccc1)C(=O)CSCc1c(F)cccc1Cl. The van der Waals surface area contributed by atoms with Gasteiger partial charge in [-0.05, 0) is 43.4 Å². The van der Waals surface area contributed by atoms with Gasteiger partial charge in [-0.25, -0.2) is 4.39 Å². The summed E-state index contributed by atoms with van der Waals surface area (Å²) in [7, 11) is 0. The third-order valence-corrected chi connectivity index (χ3v) is 7.40. The van der Waals surface area contributed by atoms with Crippen molar-refractivity contribution in [2.24, 2.45) is 0 Å². The lowest BCUT2D eigenvalue weighted by Gasteiger charge is -2.31. The number of carbonyl (C=O) groups is 2. The van der Waals surface area contributed by atoms with E-state index in [1.54, 1.807) is 17.0 Å². The third kappa shape index (κ3) is 7.47. The van der Waals surface area contributed by atoms with Gasteiger partial charge in [-0.2, -0.15) is 0 Å². The van der Waals surface area contributed by atoms with E-state index in [1.807, 2.05) is 37.3 Å². The maximum atomic E-state index is 14.1. The highest BCUT2D eigenvalue weighted by atomic mass is 35.5. The van der Waals surface area contributed by atoms with E-state index in [-0.39, 0.29) is 29.4 Å². The van der Waals surface area contributed by atoms with E-state index in [0.717, 1.165) is 31.2 Å². The summed E-state index contributed by atoms with van der Waals surface area (Å²) in [5.74, 6) is -0.0999. The van der Waals surface area contributed by atoms with Gasteiger partial charge in [0.2, 0.25) is 11.8 Å². The molecule has 1 fully saturated rings. The van der Waals surface area contributed by atoms with Crippen LogP contribution in [0.25, 0.3) is 0 Å². The molecule has 1 atom stereocenters. The number of amides is 2. The van der Waals surface area contributed by atoms with Crippen LogP contribution in [0.15, 0.2) is 48.5 Å². The maximum absolute atomic E-state index is 14.1. The maximum Gasteiger partial charge on any atom is 0.243 e. The Hall–Kier alpha value is -2.05. The minimum atomic E-state index is -0.514. The van der Waals surface area contributed by atoms with Crippen LogP contribution in [0.5, 0.6) is 0 Å². The van der Waals surface area contributed by atoms with Crippen molar-refractivity contribution in [3.05, 3.63) is 70.5 Å². The second-order valence-electron chi connectivity index (χ2n) is 8.43. The van der Waals surface area contributed by atoms with E-state index >= 15 is 0 Å². The first-order valence-electron chi connectivity index (χ1n) is 11.6. The van der Waals surface area contributed by atoms with Gasteiger partial charge in [0.25, 0.3) is 0 Å². The predicted molar refractivity (Wildman–Crippen MR) is 134 cm³/mol. The fraction of sp³-hybridized carbons (Fsp3) is 0.462. The van der Waals surface area contributed by atoms with Gasteiger partial charge in [0.05, 0.1) is 5.75 Å². The average molecular weight is 491 g/mol. The van der Waals surface area contributed by atoms with Gasteiger partial charge >= 0.3 is 0 Å². The van der Waals surface area contributed by atoms with Crippen LogP contribution in [0.1, 0.15) is 50.2 Å². The van der Waals surface area contributed by atoms with E-state index in [0.29, 0.717) is 35.7 Å². The quantitative estimate of drug-likeness (QED) is 0.444. The number of thioether (sulfide) groups is 1. The Bertz CT molecular complexity index is 902. The zero-order valence-corrected chi connectivity index (χ0v) is 20.6. The smallest absolute Gasteiger partial charge is 0.243 e. The first kappa shape index (κ1) is 25.6. The van der Waals surface area contributed by atoms with Crippen LogP contribution < -0.4 is 5.32 Å². The largest absolute Gasteiger partial charge is 0.352 e. The molecule has 7 heteroatoms. The Labute approximate surface area is 205 Å². The van der Waals surface area contributed by atoms with Crippen molar-refractivity contribution >= 4 is 35.2 Å². The van der Waals surface area contributed by atoms with Crippen molar-refractivity contribution in [2.75, 3.05) is 12.3 Å². The number of halogens is 2. The molecule has 0 unspecified atom stereocenters. The van der Waals surface area contributed by atoms with Crippen molar-refractivity contribution in [1.29, 1.82) is 0 Å². The number of hydrogen-bond donors (Lipinski definition) is 1. The normalized spacial score (nSPS) is 14.8. The Morgan fingerprint density at radius 2 is 1.88 bits per heavy atom. The number of rotatable bonds is 11. The van der Waals surface area contributed by atoms with Crippen LogP contribution in [-0.2, 0) is 21.8 Å². The number of nitrogens with zero attached hydrogens (tertiary/aromatic N) is 1. The lowest BCUT2D eigenvalue weighted by molar-refractivity contribution is -0.139. The van der Waals surface area contributed by atoms with Crippen LogP contribution in [0, 0.1) is 5.82 Å². The van der Waals surface area contributed by atoms with Crippen molar-refractivity contribution < 1.29 is 14.0 Å². The lowest BCUT2D eigenvalue weighted by Crippen LogP contribution is -2.52. The Morgan fingerprint density at radius 3 is 2.55 bits per heavy atom. The molecule has 2 amide bonds. The second kappa shape index (κ2) is 13.0. The minimum absolute atomic E-state index is 0.0760. The summed E-state index contributed by atoms with van der Waals surface area (Å²) in [5.41, 5.74) is 1.52. The number of hydrogen-bond acceptors (Lipinski definition) is 3. The van der Waals surface area contributed by atoms with Crippen molar-refractivity contribution in [3.63, 3.8) is 0 Å². The highest BCUT2D eigenvalue weighted by Crippen LogP contribution is 2.24. The lowest BCUT2D eigenvalue weighted by atomic mass is 10.1. The molecule has 0 spiro atoms. The molecule has 1 saturated carbocycles. The number of benzene rings is 2. The van der Waals surface area contributed by atoms with E-state index in [1.165, 1.54) is 17.8 Å². The molecule has 4 nitrogen and oxygen atoms in total. The highest BCUT2D eigenvalue weighted by Gasteiger charge is 2.30. The summed E-state index contributed by atoms with van der Waals surface area (Å²) in [4.78, 5) is 28.1. The molecule has 2 aromatic carbocycles. The van der Waals surface area contributed by atoms with Crippen LogP contribution in [0.2, 0.25) is 5.02 Å². The monoisotopic (exact) mass is 490 g/mol. The Balaban J connectivity index is 1.67. The van der Waals surface area contributed by atoms with E-state index < -0.39 is 6.04 Å². The van der Waals surface area contributed by atoms with Gasteiger partial charge in [0.15, 0.2) is 0 Å². The fourth-order valence-electron chi connectivity index (χ4n) is 4.26. The van der Waals surface area contributed by atoms with Gasteiger partial charge in [-0.1, -0.05) is 67.8 Å².